The second-order valence-corrected chi connectivity index (χ2v) is 5.74. The van der Waals surface area contributed by atoms with E-state index in [9.17, 15) is 4.79 Å². The number of imidazole rings is 1. The van der Waals surface area contributed by atoms with Crippen LogP contribution in [0.3, 0.4) is 0 Å². The quantitative estimate of drug-likeness (QED) is 0.778. The average molecular weight is 336 g/mol. The van der Waals surface area contributed by atoms with Crippen molar-refractivity contribution in [1.29, 1.82) is 0 Å². The summed E-state index contributed by atoms with van der Waals surface area (Å²) in [5.74, 6) is 1.34. The molecule has 0 aliphatic carbocycles. The Hall–Kier alpha value is -3.15. The lowest BCUT2D eigenvalue weighted by Crippen LogP contribution is -2.23. The largest absolute Gasteiger partial charge is 0.497 e. The predicted octanol–water partition coefficient (Wildman–Crippen LogP) is 2.82. The van der Waals surface area contributed by atoms with E-state index < -0.39 is 0 Å². The minimum absolute atomic E-state index is 0.211. The second kappa shape index (κ2) is 7.17. The molecule has 0 saturated heterocycles. The van der Waals surface area contributed by atoms with Crippen molar-refractivity contribution in [3.8, 4) is 11.4 Å². The van der Waals surface area contributed by atoms with Gasteiger partial charge in [-0.05, 0) is 49.2 Å². The number of nitrogens with zero attached hydrogens (tertiary/aromatic N) is 3. The van der Waals surface area contributed by atoms with Gasteiger partial charge in [-0.2, -0.15) is 0 Å². The number of hydrogen-bond donors (Lipinski definition) is 1. The van der Waals surface area contributed by atoms with Crippen LogP contribution < -0.4 is 10.1 Å². The first-order valence-corrected chi connectivity index (χ1v) is 7.96. The molecule has 0 saturated carbocycles. The van der Waals surface area contributed by atoms with Crippen LogP contribution in [0.15, 0.2) is 48.9 Å². The number of methoxy groups -OCH3 is 1. The summed E-state index contributed by atoms with van der Waals surface area (Å²) in [7, 11) is 1.64. The van der Waals surface area contributed by atoms with Gasteiger partial charge < -0.3 is 14.6 Å². The van der Waals surface area contributed by atoms with Crippen LogP contribution in [0.4, 0.5) is 0 Å². The first-order chi connectivity index (χ1) is 12.1. The Kier molecular flexibility index (Phi) is 4.79. The number of aromatic nitrogens is 3. The number of aryl methyl sites for hydroxylation is 2. The summed E-state index contributed by atoms with van der Waals surface area (Å²) in [6.45, 7) is 4.29. The number of amides is 1. The van der Waals surface area contributed by atoms with Crippen molar-refractivity contribution >= 4 is 5.91 Å². The maximum atomic E-state index is 12.4. The maximum Gasteiger partial charge on any atom is 0.271 e. The zero-order valence-corrected chi connectivity index (χ0v) is 14.5. The van der Waals surface area contributed by atoms with Crippen LogP contribution in [0.5, 0.6) is 5.75 Å². The molecule has 0 unspecified atom stereocenters. The van der Waals surface area contributed by atoms with Gasteiger partial charge in [0.05, 0.1) is 7.11 Å². The van der Waals surface area contributed by atoms with E-state index in [1.54, 1.807) is 25.7 Å². The molecule has 6 heteroatoms. The molecule has 6 nitrogen and oxygen atoms in total. The third-order valence-electron chi connectivity index (χ3n) is 3.95. The lowest BCUT2D eigenvalue weighted by Gasteiger charge is -2.10. The summed E-state index contributed by atoms with van der Waals surface area (Å²) in [5.41, 5.74) is 3.34. The highest BCUT2D eigenvalue weighted by Gasteiger charge is 2.14. The SMILES string of the molecule is COc1ccc(-n2cc(C(=O)NCc3cccnc3)nc2C)c(C)c1. The smallest absolute Gasteiger partial charge is 0.271 e. The van der Waals surface area contributed by atoms with Gasteiger partial charge in [0.2, 0.25) is 0 Å². The number of pyridine rings is 1. The molecule has 0 radical (unpaired) electrons. The number of nitrogens with one attached hydrogen (secondary N) is 1. The van der Waals surface area contributed by atoms with Crippen LogP contribution in [-0.4, -0.2) is 27.6 Å². The van der Waals surface area contributed by atoms with Crippen molar-refractivity contribution in [2.45, 2.75) is 20.4 Å². The number of ether oxygens (including phenoxy) is 1. The number of benzene rings is 1. The standard InChI is InChI=1S/C19H20N4O2/c1-13-9-16(25-3)6-7-18(13)23-12-17(22-14(23)2)19(24)21-11-15-5-4-8-20-10-15/h4-10,12H,11H2,1-3H3,(H,21,24). The minimum atomic E-state index is -0.211. The molecule has 0 spiro atoms. The highest BCUT2D eigenvalue weighted by atomic mass is 16.5. The lowest BCUT2D eigenvalue weighted by atomic mass is 10.2. The Balaban J connectivity index is 1.79. The molecule has 25 heavy (non-hydrogen) atoms. The number of carbonyl (C=O) groups is 1. The molecule has 1 amide bonds. The Labute approximate surface area is 146 Å². The molecule has 1 N–H and O–H groups in total. The first-order valence-electron chi connectivity index (χ1n) is 7.96. The van der Waals surface area contributed by atoms with Crippen LogP contribution in [-0.2, 0) is 6.54 Å². The molecular weight excluding hydrogens is 316 g/mol. The highest BCUT2D eigenvalue weighted by Crippen LogP contribution is 2.22. The highest BCUT2D eigenvalue weighted by molar-refractivity contribution is 5.92. The van der Waals surface area contributed by atoms with Gasteiger partial charge in [-0.1, -0.05) is 6.07 Å². The summed E-state index contributed by atoms with van der Waals surface area (Å²) in [4.78, 5) is 20.8. The molecule has 2 heterocycles. The molecule has 0 bridgehead atoms. The molecule has 0 fully saturated rings. The predicted molar refractivity (Wildman–Crippen MR) is 95.0 cm³/mol. The third kappa shape index (κ3) is 3.68. The van der Waals surface area contributed by atoms with Crippen LogP contribution in [0.25, 0.3) is 5.69 Å². The second-order valence-electron chi connectivity index (χ2n) is 5.74. The topological polar surface area (TPSA) is 69.0 Å². The van der Waals surface area contributed by atoms with E-state index in [4.69, 9.17) is 4.74 Å². The minimum Gasteiger partial charge on any atom is -0.497 e. The van der Waals surface area contributed by atoms with Crippen LogP contribution >= 0.6 is 0 Å². The van der Waals surface area contributed by atoms with Gasteiger partial charge in [-0.15, -0.1) is 0 Å². The van der Waals surface area contributed by atoms with Crippen molar-refractivity contribution in [3.63, 3.8) is 0 Å². The van der Waals surface area contributed by atoms with E-state index in [-0.39, 0.29) is 5.91 Å². The van der Waals surface area contributed by atoms with Crippen LogP contribution in [0, 0.1) is 13.8 Å². The van der Waals surface area contributed by atoms with Crippen molar-refractivity contribution in [1.82, 2.24) is 19.9 Å². The molecule has 0 atom stereocenters. The van der Waals surface area contributed by atoms with E-state index in [1.165, 1.54) is 0 Å². The van der Waals surface area contributed by atoms with Crippen molar-refractivity contribution in [2.24, 2.45) is 0 Å². The zero-order valence-electron chi connectivity index (χ0n) is 14.5. The Bertz CT molecular complexity index is 888. The van der Waals surface area contributed by atoms with Gasteiger partial charge in [0, 0.05) is 30.8 Å². The van der Waals surface area contributed by atoms with Crippen LogP contribution in [0.1, 0.15) is 27.4 Å². The number of carbonyl (C=O) groups excluding carboxylic acids is 1. The molecule has 1 aromatic carbocycles. The summed E-state index contributed by atoms with van der Waals surface area (Å²) >= 11 is 0. The molecular formula is C19H20N4O2. The fourth-order valence-electron chi connectivity index (χ4n) is 2.63. The molecule has 0 aliphatic heterocycles. The summed E-state index contributed by atoms with van der Waals surface area (Å²) in [6, 6.07) is 9.56. The Morgan fingerprint density at radius 3 is 2.80 bits per heavy atom. The van der Waals surface area contributed by atoms with E-state index in [0.717, 1.165) is 28.4 Å². The molecule has 2 aromatic heterocycles. The van der Waals surface area contributed by atoms with Crippen LogP contribution in [0.2, 0.25) is 0 Å². The van der Waals surface area contributed by atoms with Gasteiger partial charge in [0.25, 0.3) is 5.91 Å². The van der Waals surface area contributed by atoms with Gasteiger partial charge in [0.15, 0.2) is 0 Å². The number of rotatable bonds is 5. The van der Waals surface area contributed by atoms with Crippen molar-refractivity contribution in [3.05, 3.63) is 71.6 Å². The summed E-state index contributed by atoms with van der Waals surface area (Å²) in [5, 5.41) is 2.87. The van der Waals surface area contributed by atoms with Gasteiger partial charge >= 0.3 is 0 Å². The first kappa shape index (κ1) is 16.7. The van der Waals surface area contributed by atoms with E-state index in [0.29, 0.717) is 12.2 Å². The Morgan fingerprint density at radius 2 is 2.12 bits per heavy atom. The zero-order chi connectivity index (χ0) is 17.8. The summed E-state index contributed by atoms with van der Waals surface area (Å²) < 4.78 is 7.15. The third-order valence-corrected chi connectivity index (χ3v) is 3.95. The van der Waals surface area contributed by atoms with Gasteiger partial charge in [-0.3, -0.25) is 9.78 Å². The van der Waals surface area contributed by atoms with Gasteiger partial charge in [0.1, 0.15) is 17.3 Å². The van der Waals surface area contributed by atoms with Gasteiger partial charge in [-0.25, -0.2) is 4.98 Å². The van der Waals surface area contributed by atoms with Crippen molar-refractivity contribution < 1.29 is 9.53 Å². The Morgan fingerprint density at radius 1 is 1.28 bits per heavy atom. The molecule has 128 valence electrons. The number of hydrogen-bond acceptors (Lipinski definition) is 4. The molecule has 3 rings (SSSR count). The van der Waals surface area contributed by atoms with E-state index in [2.05, 4.69) is 15.3 Å². The monoisotopic (exact) mass is 336 g/mol. The average Bonchev–Trinajstić information content (AvgIpc) is 3.02. The van der Waals surface area contributed by atoms with Crippen molar-refractivity contribution in [2.75, 3.05) is 7.11 Å². The summed E-state index contributed by atoms with van der Waals surface area (Å²) in [6.07, 6.45) is 5.18. The fraction of sp³-hybridized carbons (Fsp3) is 0.211. The molecule has 3 aromatic rings. The van der Waals surface area contributed by atoms with E-state index >= 15 is 0 Å². The van der Waals surface area contributed by atoms with E-state index in [1.807, 2.05) is 48.7 Å². The fourth-order valence-corrected chi connectivity index (χ4v) is 2.63. The normalized spacial score (nSPS) is 10.5. The lowest BCUT2D eigenvalue weighted by molar-refractivity contribution is 0.0946. The molecule has 0 aliphatic rings. The maximum absolute atomic E-state index is 12.4.